The van der Waals surface area contributed by atoms with E-state index in [4.69, 9.17) is 9.47 Å². The topological polar surface area (TPSA) is 76.9 Å². The average molecular weight is 366 g/mol. The van der Waals surface area contributed by atoms with E-state index in [1.807, 2.05) is 41.1 Å². The van der Waals surface area contributed by atoms with Gasteiger partial charge in [0.2, 0.25) is 5.91 Å². The number of carbonyl (C=O) groups excluding carboxylic acids is 1. The highest BCUT2D eigenvalue weighted by Crippen LogP contribution is 2.31. The quantitative estimate of drug-likeness (QED) is 0.701. The number of nitrogens with one attached hydrogen (secondary N) is 2. The third kappa shape index (κ3) is 3.88. The van der Waals surface area contributed by atoms with Crippen molar-refractivity contribution in [1.29, 1.82) is 0 Å². The third-order valence-electron chi connectivity index (χ3n) is 4.60. The number of hydrogen-bond acceptors (Lipinski definition) is 5. The second-order valence-electron chi connectivity index (χ2n) is 6.49. The molecular weight excluding hydrogens is 344 g/mol. The fourth-order valence-electron chi connectivity index (χ4n) is 3.21. The number of carbonyl (C=O) groups is 1. The molecule has 0 spiro atoms. The Morgan fingerprint density at radius 1 is 1.33 bits per heavy atom. The minimum atomic E-state index is -0.130. The highest BCUT2D eigenvalue weighted by molar-refractivity contribution is 5.95. The predicted molar refractivity (Wildman–Crippen MR) is 102 cm³/mol. The monoisotopic (exact) mass is 366 g/mol. The second-order valence-corrected chi connectivity index (χ2v) is 6.49. The van der Waals surface area contributed by atoms with E-state index < -0.39 is 0 Å². The third-order valence-corrected chi connectivity index (χ3v) is 4.60. The zero-order valence-electron chi connectivity index (χ0n) is 15.1. The number of amides is 1. The molecule has 1 unspecified atom stereocenters. The molecule has 7 nitrogen and oxygen atoms in total. The maximum absolute atomic E-state index is 12.3. The molecule has 1 amide bonds. The molecule has 1 aromatic carbocycles. The lowest BCUT2D eigenvalue weighted by molar-refractivity contribution is -0.117. The summed E-state index contributed by atoms with van der Waals surface area (Å²) in [5.74, 6) is 1.14. The molecule has 1 fully saturated rings. The lowest BCUT2D eigenvalue weighted by Gasteiger charge is -2.14. The largest absolute Gasteiger partial charge is 0.493 e. The van der Waals surface area contributed by atoms with E-state index in [0.29, 0.717) is 23.8 Å². The summed E-state index contributed by atoms with van der Waals surface area (Å²) < 4.78 is 13.2. The van der Waals surface area contributed by atoms with Gasteiger partial charge in [0.1, 0.15) is 12.3 Å². The van der Waals surface area contributed by atoms with Crippen molar-refractivity contribution in [3.05, 3.63) is 54.5 Å². The summed E-state index contributed by atoms with van der Waals surface area (Å²) in [5.41, 5.74) is 2.36. The first-order valence-electron chi connectivity index (χ1n) is 9.00. The summed E-state index contributed by atoms with van der Waals surface area (Å²) in [6.07, 6.45) is 5.76. The lowest BCUT2D eigenvalue weighted by atomic mass is 10.2. The fraction of sp³-hybridized carbons (Fsp3) is 0.300. The van der Waals surface area contributed by atoms with Gasteiger partial charge in [-0.15, -0.1) is 0 Å². The van der Waals surface area contributed by atoms with E-state index in [1.54, 1.807) is 19.2 Å². The van der Waals surface area contributed by atoms with Crippen LogP contribution in [0, 0.1) is 0 Å². The number of benzene rings is 1. The van der Waals surface area contributed by atoms with Gasteiger partial charge in [0.25, 0.3) is 0 Å². The van der Waals surface area contributed by atoms with Crippen molar-refractivity contribution in [2.75, 3.05) is 19.0 Å². The molecule has 0 aliphatic carbocycles. The van der Waals surface area contributed by atoms with Gasteiger partial charge in [-0.3, -0.25) is 4.79 Å². The Bertz CT molecular complexity index is 914. The first-order valence-corrected chi connectivity index (χ1v) is 9.00. The zero-order valence-corrected chi connectivity index (χ0v) is 15.1. The first-order chi connectivity index (χ1) is 13.2. The number of pyridine rings is 1. The number of imidazole rings is 1. The highest BCUT2D eigenvalue weighted by Gasteiger charge is 2.22. The van der Waals surface area contributed by atoms with E-state index in [0.717, 1.165) is 30.7 Å². The van der Waals surface area contributed by atoms with Gasteiger partial charge >= 0.3 is 0 Å². The maximum atomic E-state index is 12.3. The van der Waals surface area contributed by atoms with E-state index in [-0.39, 0.29) is 11.9 Å². The van der Waals surface area contributed by atoms with Crippen molar-refractivity contribution in [3.63, 3.8) is 0 Å². The molecule has 0 saturated carbocycles. The van der Waals surface area contributed by atoms with Crippen molar-refractivity contribution in [3.8, 4) is 11.5 Å². The fourth-order valence-corrected chi connectivity index (χ4v) is 3.21. The lowest BCUT2D eigenvalue weighted by Crippen LogP contribution is -2.35. The van der Waals surface area contributed by atoms with Crippen molar-refractivity contribution in [2.24, 2.45) is 0 Å². The molecule has 1 aliphatic rings. The van der Waals surface area contributed by atoms with Gasteiger partial charge in [0, 0.05) is 24.1 Å². The van der Waals surface area contributed by atoms with E-state index in [1.165, 1.54) is 0 Å². The molecule has 140 valence electrons. The van der Waals surface area contributed by atoms with E-state index in [2.05, 4.69) is 15.6 Å². The average Bonchev–Trinajstić information content (AvgIpc) is 3.36. The van der Waals surface area contributed by atoms with Gasteiger partial charge in [-0.2, -0.15) is 0 Å². The summed E-state index contributed by atoms with van der Waals surface area (Å²) >= 11 is 0. The smallest absolute Gasteiger partial charge is 0.241 e. The number of nitrogens with zero attached hydrogens (tertiary/aromatic N) is 2. The molecular formula is C20H22N4O3. The van der Waals surface area contributed by atoms with Crippen LogP contribution in [0.4, 0.5) is 5.69 Å². The van der Waals surface area contributed by atoms with Gasteiger partial charge in [-0.05, 0) is 43.7 Å². The summed E-state index contributed by atoms with van der Waals surface area (Å²) in [6, 6.07) is 11.1. The Hall–Kier alpha value is -3.06. The van der Waals surface area contributed by atoms with Crippen LogP contribution in [0.2, 0.25) is 0 Å². The second kappa shape index (κ2) is 7.67. The first kappa shape index (κ1) is 17.4. The van der Waals surface area contributed by atoms with Crippen LogP contribution >= 0.6 is 0 Å². The molecule has 2 N–H and O–H groups in total. The van der Waals surface area contributed by atoms with E-state index in [9.17, 15) is 4.79 Å². The Kier molecular flexibility index (Phi) is 4.93. The summed E-state index contributed by atoms with van der Waals surface area (Å²) in [5, 5.41) is 6.13. The molecule has 7 heteroatoms. The van der Waals surface area contributed by atoms with Gasteiger partial charge in [-0.1, -0.05) is 6.07 Å². The van der Waals surface area contributed by atoms with Gasteiger partial charge in [0.15, 0.2) is 11.5 Å². The molecule has 27 heavy (non-hydrogen) atoms. The van der Waals surface area contributed by atoms with Crippen LogP contribution in [0.1, 0.15) is 18.5 Å². The minimum Gasteiger partial charge on any atom is -0.493 e. The molecule has 1 atom stereocenters. The number of anilines is 1. The van der Waals surface area contributed by atoms with Crippen LogP contribution in [-0.2, 0) is 11.4 Å². The molecule has 3 heterocycles. The number of methoxy groups -OCH3 is 1. The summed E-state index contributed by atoms with van der Waals surface area (Å²) in [4.78, 5) is 16.8. The molecule has 1 aliphatic heterocycles. The van der Waals surface area contributed by atoms with Crippen LogP contribution in [0.5, 0.6) is 11.5 Å². The summed E-state index contributed by atoms with van der Waals surface area (Å²) in [7, 11) is 1.59. The van der Waals surface area contributed by atoms with Crippen LogP contribution in [0.25, 0.3) is 5.65 Å². The highest BCUT2D eigenvalue weighted by atomic mass is 16.5. The van der Waals surface area contributed by atoms with Gasteiger partial charge in [0.05, 0.1) is 18.8 Å². The van der Waals surface area contributed by atoms with Crippen molar-refractivity contribution < 1.29 is 14.3 Å². The van der Waals surface area contributed by atoms with Gasteiger partial charge in [-0.25, -0.2) is 4.98 Å². The Morgan fingerprint density at radius 3 is 3.04 bits per heavy atom. The van der Waals surface area contributed by atoms with Crippen LogP contribution in [-0.4, -0.2) is 35.0 Å². The maximum Gasteiger partial charge on any atom is 0.241 e. The summed E-state index contributed by atoms with van der Waals surface area (Å²) in [6.45, 7) is 1.19. The SMILES string of the molecule is COc1ccc(NC(=O)C2CCCN2)cc1OCc1cn2ccccc2n1. The number of hydrogen-bond donors (Lipinski definition) is 2. The molecule has 2 aromatic heterocycles. The molecule has 4 rings (SSSR count). The standard InChI is InChI=1S/C20H22N4O3/c1-26-17-8-7-14(23-20(25)16-5-4-9-21-16)11-18(17)27-13-15-12-24-10-3-2-6-19(24)22-15/h2-3,6-8,10-12,16,21H,4-5,9,13H2,1H3,(H,23,25). The Morgan fingerprint density at radius 2 is 2.26 bits per heavy atom. The van der Waals surface area contributed by atoms with Crippen LogP contribution < -0.4 is 20.1 Å². The van der Waals surface area contributed by atoms with Crippen molar-refractivity contribution >= 4 is 17.2 Å². The van der Waals surface area contributed by atoms with Crippen molar-refractivity contribution in [2.45, 2.75) is 25.5 Å². The predicted octanol–water partition coefficient (Wildman–Crippen LogP) is 2.61. The number of ether oxygens (including phenoxy) is 2. The zero-order chi connectivity index (χ0) is 18.6. The molecule has 0 bridgehead atoms. The Balaban J connectivity index is 1.47. The van der Waals surface area contributed by atoms with E-state index >= 15 is 0 Å². The molecule has 0 radical (unpaired) electrons. The minimum absolute atomic E-state index is 0.0241. The van der Waals surface area contributed by atoms with Crippen LogP contribution in [0.15, 0.2) is 48.8 Å². The Labute approximate surface area is 157 Å². The number of aromatic nitrogens is 2. The number of rotatable bonds is 6. The number of fused-ring (bicyclic) bond motifs is 1. The van der Waals surface area contributed by atoms with Crippen molar-refractivity contribution in [1.82, 2.24) is 14.7 Å². The normalized spacial score (nSPS) is 16.4. The molecule has 1 saturated heterocycles. The van der Waals surface area contributed by atoms with Gasteiger partial charge < -0.3 is 24.5 Å². The molecule has 3 aromatic rings. The van der Waals surface area contributed by atoms with Crippen LogP contribution in [0.3, 0.4) is 0 Å².